The smallest absolute Gasteiger partial charge is 0.0549 e. The average molecular weight is 249 g/mol. The summed E-state index contributed by atoms with van der Waals surface area (Å²) >= 11 is 0. The molecule has 0 saturated heterocycles. The minimum absolute atomic E-state index is 0.151. The van der Waals surface area contributed by atoms with Gasteiger partial charge in [-0.2, -0.15) is 0 Å². The predicted octanol–water partition coefficient (Wildman–Crippen LogP) is 3.07. The summed E-state index contributed by atoms with van der Waals surface area (Å²) in [6.45, 7) is 7.28. The molecule has 1 aromatic rings. The van der Waals surface area contributed by atoms with Gasteiger partial charge < -0.3 is 10.4 Å². The summed E-state index contributed by atoms with van der Waals surface area (Å²) in [5.41, 5.74) is 2.75. The zero-order chi connectivity index (χ0) is 13.4. The Kier molecular flexibility index (Phi) is 6.99. The Morgan fingerprint density at radius 2 is 2.06 bits per heavy atom. The highest BCUT2D eigenvalue weighted by atomic mass is 16.3. The number of rotatable bonds is 8. The summed E-state index contributed by atoms with van der Waals surface area (Å²) in [7, 11) is 0. The molecule has 0 heterocycles. The Morgan fingerprint density at radius 3 is 2.72 bits per heavy atom. The maximum Gasteiger partial charge on any atom is 0.0549 e. The molecule has 0 aliphatic rings. The highest BCUT2D eigenvalue weighted by Gasteiger charge is 2.04. The van der Waals surface area contributed by atoms with Gasteiger partial charge in [0.05, 0.1) is 6.10 Å². The highest BCUT2D eigenvalue weighted by molar-refractivity contribution is 5.22. The third-order valence-electron chi connectivity index (χ3n) is 3.39. The molecule has 2 N–H and O–H groups in total. The maximum atomic E-state index is 9.47. The van der Waals surface area contributed by atoms with Gasteiger partial charge in [-0.05, 0) is 51.6 Å². The second-order valence-corrected chi connectivity index (χ2v) is 5.23. The van der Waals surface area contributed by atoms with Crippen LogP contribution >= 0.6 is 0 Å². The van der Waals surface area contributed by atoms with Crippen LogP contribution in [0.3, 0.4) is 0 Å². The summed E-state index contributed by atoms with van der Waals surface area (Å²) in [6, 6.07) is 9.22. The van der Waals surface area contributed by atoms with Crippen molar-refractivity contribution >= 4 is 0 Å². The highest BCUT2D eigenvalue weighted by Crippen LogP contribution is 2.08. The van der Waals surface area contributed by atoms with Gasteiger partial charge in [-0.25, -0.2) is 0 Å². The van der Waals surface area contributed by atoms with Crippen molar-refractivity contribution in [1.29, 1.82) is 0 Å². The van der Waals surface area contributed by atoms with E-state index in [0.29, 0.717) is 6.04 Å². The van der Waals surface area contributed by atoms with E-state index in [9.17, 15) is 5.11 Å². The second-order valence-electron chi connectivity index (χ2n) is 5.23. The quantitative estimate of drug-likeness (QED) is 0.742. The Bertz CT molecular complexity index is 338. The first-order valence-electron chi connectivity index (χ1n) is 7.08. The van der Waals surface area contributed by atoms with Crippen LogP contribution in [0.1, 0.15) is 44.2 Å². The lowest BCUT2D eigenvalue weighted by molar-refractivity contribution is 0.158. The molecule has 0 aromatic heterocycles. The van der Waals surface area contributed by atoms with Gasteiger partial charge >= 0.3 is 0 Å². The van der Waals surface area contributed by atoms with Crippen LogP contribution in [0.2, 0.25) is 0 Å². The van der Waals surface area contributed by atoms with Crippen molar-refractivity contribution in [2.45, 2.75) is 58.6 Å². The molecule has 0 saturated carbocycles. The van der Waals surface area contributed by atoms with E-state index >= 15 is 0 Å². The number of benzene rings is 1. The summed E-state index contributed by atoms with van der Waals surface area (Å²) < 4.78 is 0. The van der Waals surface area contributed by atoms with Crippen molar-refractivity contribution in [1.82, 2.24) is 5.32 Å². The largest absolute Gasteiger partial charge is 0.393 e. The number of aliphatic hydroxyl groups excluding tert-OH is 1. The first kappa shape index (κ1) is 15.2. The van der Waals surface area contributed by atoms with Gasteiger partial charge in [0, 0.05) is 6.04 Å². The van der Waals surface area contributed by atoms with Crippen LogP contribution in [0.15, 0.2) is 24.3 Å². The van der Waals surface area contributed by atoms with E-state index in [-0.39, 0.29) is 6.10 Å². The zero-order valence-electron chi connectivity index (χ0n) is 11.9. The molecule has 18 heavy (non-hydrogen) atoms. The average Bonchev–Trinajstić information content (AvgIpc) is 2.36. The third kappa shape index (κ3) is 6.18. The van der Waals surface area contributed by atoms with Gasteiger partial charge in [-0.15, -0.1) is 0 Å². The van der Waals surface area contributed by atoms with E-state index in [0.717, 1.165) is 32.2 Å². The molecule has 1 rings (SSSR count). The first-order chi connectivity index (χ1) is 8.61. The summed E-state index contributed by atoms with van der Waals surface area (Å²) in [6.07, 6.45) is 3.81. The Labute approximate surface area is 111 Å². The third-order valence-corrected chi connectivity index (χ3v) is 3.39. The van der Waals surface area contributed by atoms with Crippen LogP contribution in [-0.2, 0) is 6.42 Å². The molecule has 0 bridgehead atoms. The Balaban J connectivity index is 2.19. The van der Waals surface area contributed by atoms with E-state index in [1.807, 2.05) is 6.92 Å². The van der Waals surface area contributed by atoms with Crippen LogP contribution in [0.25, 0.3) is 0 Å². The second kappa shape index (κ2) is 8.28. The monoisotopic (exact) mass is 249 g/mol. The number of aryl methyl sites for hydroxylation is 2. The molecule has 2 nitrogen and oxygen atoms in total. The molecular formula is C16H27NO. The van der Waals surface area contributed by atoms with Gasteiger partial charge in [0.15, 0.2) is 0 Å². The number of hydrogen-bond acceptors (Lipinski definition) is 2. The van der Waals surface area contributed by atoms with Gasteiger partial charge in [-0.3, -0.25) is 0 Å². The van der Waals surface area contributed by atoms with Gasteiger partial charge in [-0.1, -0.05) is 36.8 Å². The van der Waals surface area contributed by atoms with Crippen molar-refractivity contribution in [2.24, 2.45) is 0 Å². The lowest BCUT2D eigenvalue weighted by Gasteiger charge is -2.15. The van der Waals surface area contributed by atoms with Gasteiger partial charge in [0.1, 0.15) is 0 Å². The van der Waals surface area contributed by atoms with Crippen molar-refractivity contribution < 1.29 is 5.11 Å². The molecule has 2 unspecified atom stereocenters. The molecule has 0 spiro atoms. The van der Waals surface area contributed by atoms with Crippen LogP contribution in [0, 0.1) is 6.92 Å². The molecule has 0 aliphatic carbocycles. The lowest BCUT2D eigenvalue weighted by Crippen LogP contribution is -2.29. The molecule has 0 aliphatic heterocycles. The Hall–Kier alpha value is -0.860. The molecule has 2 heteroatoms. The van der Waals surface area contributed by atoms with Crippen molar-refractivity contribution in [3.8, 4) is 0 Å². The molecule has 1 aromatic carbocycles. The van der Waals surface area contributed by atoms with E-state index in [1.54, 1.807) is 0 Å². The molecular weight excluding hydrogens is 222 g/mol. The van der Waals surface area contributed by atoms with Gasteiger partial charge in [0.2, 0.25) is 0 Å². The van der Waals surface area contributed by atoms with Crippen molar-refractivity contribution in [2.75, 3.05) is 6.54 Å². The maximum absolute atomic E-state index is 9.47. The zero-order valence-corrected chi connectivity index (χ0v) is 11.9. The SMILES string of the molecule is CCC(O)CCNC(C)CCc1cccc(C)c1. The molecule has 0 amide bonds. The summed E-state index contributed by atoms with van der Waals surface area (Å²) in [4.78, 5) is 0. The number of aliphatic hydroxyl groups is 1. The number of hydrogen-bond donors (Lipinski definition) is 2. The molecule has 102 valence electrons. The normalized spacial score (nSPS) is 14.4. The van der Waals surface area contributed by atoms with E-state index in [2.05, 4.69) is 43.4 Å². The summed E-state index contributed by atoms with van der Waals surface area (Å²) in [5, 5.41) is 12.9. The lowest BCUT2D eigenvalue weighted by atomic mass is 10.0. The number of nitrogens with one attached hydrogen (secondary N) is 1. The van der Waals surface area contributed by atoms with E-state index in [4.69, 9.17) is 0 Å². The fourth-order valence-corrected chi connectivity index (χ4v) is 2.05. The fraction of sp³-hybridized carbons (Fsp3) is 0.625. The molecule has 2 atom stereocenters. The van der Waals surface area contributed by atoms with Crippen LogP contribution in [-0.4, -0.2) is 23.8 Å². The van der Waals surface area contributed by atoms with E-state index < -0.39 is 0 Å². The molecule has 0 radical (unpaired) electrons. The molecule has 0 fully saturated rings. The van der Waals surface area contributed by atoms with Crippen LogP contribution in [0.5, 0.6) is 0 Å². The van der Waals surface area contributed by atoms with E-state index in [1.165, 1.54) is 11.1 Å². The standard InChI is InChI=1S/C16H27NO/c1-4-16(18)10-11-17-14(3)8-9-15-7-5-6-13(2)12-15/h5-7,12,14,16-18H,4,8-11H2,1-3H3. The Morgan fingerprint density at radius 1 is 1.28 bits per heavy atom. The van der Waals surface area contributed by atoms with Crippen LogP contribution < -0.4 is 5.32 Å². The first-order valence-corrected chi connectivity index (χ1v) is 7.08. The van der Waals surface area contributed by atoms with Crippen LogP contribution in [0.4, 0.5) is 0 Å². The van der Waals surface area contributed by atoms with Gasteiger partial charge in [0.25, 0.3) is 0 Å². The summed E-state index contributed by atoms with van der Waals surface area (Å²) in [5.74, 6) is 0. The minimum Gasteiger partial charge on any atom is -0.393 e. The minimum atomic E-state index is -0.151. The fourth-order valence-electron chi connectivity index (χ4n) is 2.05. The topological polar surface area (TPSA) is 32.3 Å². The van der Waals surface area contributed by atoms with Crippen molar-refractivity contribution in [3.05, 3.63) is 35.4 Å². The van der Waals surface area contributed by atoms with Crippen molar-refractivity contribution in [3.63, 3.8) is 0 Å². The predicted molar refractivity (Wildman–Crippen MR) is 77.9 cm³/mol.